The van der Waals surface area contributed by atoms with E-state index in [0.717, 1.165) is 23.1 Å². The number of carbonyl (C=O) groups excluding carboxylic acids is 1. The van der Waals surface area contributed by atoms with Crippen molar-refractivity contribution in [3.05, 3.63) is 53.6 Å². The number of urea groups is 1. The molecule has 3 aromatic rings. The van der Waals surface area contributed by atoms with Crippen molar-refractivity contribution in [1.82, 2.24) is 15.5 Å². The summed E-state index contributed by atoms with van der Waals surface area (Å²) in [4.78, 5) is 16.4. The summed E-state index contributed by atoms with van der Waals surface area (Å²) in [6.45, 7) is 8.06. The van der Waals surface area contributed by atoms with Crippen LogP contribution in [-0.4, -0.2) is 22.2 Å². The van der Waals surface area contributed by atoms with Crippen LogP contribution < -0.4 is 10.6 Å². The zero-order valence-corrected chi connectivity index (χ0v) is 16.0. The summed E-state index contributed by atoms with van der Waals surface area (Å²) >= 11 is 0. The molecule has 0 spiro atoms. The fraction of sp³-hybridized carbons (Fsp3) is 0.286. The van der Waals surface area contributed by atoms with Crippen molar-refractivity contribution in [1.29, 1.82) is 0 Å². The first kappa shape index (κ1) is 18.6. The number of nitrogens with one attached hydrogen (secondary N) is 2. The molecule has 6 heteroatoms. The Morgan fingerprint density at radius 3 is 2.56 bits per heavy atom. The van der Waals surface area contributed by atoms with Gasteiger partial charge >= 0.3 is 6.03 Å². The fourth-order valence-corrected chi connectivity index (χ4v) is 2.70. The van der Waals surface area contributed by atoms with E-state index in [1.54, 1.807) is 0 Å². The highest BCUT2D eigenvalue weighted by molar-refractivity contribution is 5.89. The summed E-state index contributed by atoms with van der Waals surface area (Å²) in [5, 5.41) is 9.76. The first-order valence-electron chi connectivity index (χ1n) is 9.05. The van der Waals surface area contributed by atoms with E-state index < -0.39 is 0 Å². The predicted molar refractivity (Wildman–Crippen MR) is 107 cm³/mol. The van der Waals surface area contributed by atoms with Crippen LogP contribution in [-0.2, 0) is 0 Å². The van der Waals surface area contributed by atoms with Crippen LogP contribution in [0.1, 0.15) is 31.4 Å². The van der Waals surface area contributed by atoms with Crippen LogP contribution in [0.25, 0.3) is 22.8 Å². The van der Waals surface area contributed by atoms with Crippen molar-refractivity contribution in [2.45, 2.75) is 40.2 Å². The molecule has 6 nitrogen and oxygen atoms in total. The molecular weight excluding hydrogens is 340 g/mol. The Labute approximate surface area is 159 Å². The molecule has 2 aromatic carbocycles. The molecule has 3 rings (SSSR count). The standard InChI is InChI=1S/C21H24N4O2/c1-5-15(4)22-21(26)23-17-9-7-16(8-10-17)19-24-20(27-25-19)18-11-6-13(2)12-14(18)3/h6-12,15H,5H2,1-4H3,(H2,22,23,26)/t15-/m0/s1. The molecule has 140 valence electrons. The molecule has 0 aliphatic heterocycles. The third kappa shape index (κ3) is 4.53. The van der Waals surface area contributed by atoms with Crippen molar-refractivity contribution < 1.29 is 9.32 Å². The van der Waals surface area contributed by atoms with Crippen LogP contribution in [0.15, 0.2) is 47.0 Å². The smallest absolute Gasteiger partial charge is 0.319 e. The fourth-order valence-electron chi connectivity index (χ4n) is 2.70. The van der Waals surface area contributed by atoms with Gasteiger partial charge in [0.2, 0.25) is 5.82 Å². The molecule has 0 aliphatic rings. The van der Waals surface area contributed by atoms with Crippen molar-refractivity contribution in [3.8, 4) is 22.8 Å². The van der Waals surface area contributed by atoms with Gasteiger partial charge in [-0.05, 0) is 63.1 Å². The maximum Gasteiger partial charge on any atom is 0.319 e. The highest BCUT2D eigenvalue weighted by Gasteiger charge is 2.13. The third-order valence-corrected chi connectivity index (χ3v) is 4.43. The van der Waals surface area contributed by atoms with Gasteiger partial charge in [0.1, 0.15) is 0 Å². The van der Waals surface area contributed by atoms with Crippen LogP contribution in [0.3, 0.4) is 0 Å². The van der Waals surface area contributed by atoms with E-state index in [9.17, 15) is 4.79 Å². The maximum absolute atomic E-state index is 11.9. The molecule has 0 unspecified atom stereocenters. The number of aromatic nitrogens is 2. The lowest BCUT2D eigenvalue weighted by Gasteiger charge is -2.12. The van der Waals surface area contributed by atoms with E-state index >= 15 is 0 Å². The Morgan fingerprint density at radius 2 is 1.89 bits per heavy atom. The molecule has 0 saturated carbocycles. The van der Waals surface area contributed by atoms with Crippen molar-refractivity contribution in [2.24, 2.45) is 0 Å². The number of hydrogen-bond donors (Lipinski definition) is 2. The first-order valence-corrected chi connectivity index (χ1v) is 9.05. The topological polar surface area (TPSA) is 80.0 Å². The Hall–Kier alpha value is -3.15. The Kier molecular flexibility index (Phi) is 5.54. The van der Waals surface area contributed by atoms with Crippen LogP contribution in [0.5, 0.6) is 0 Å². The third-order valence-electron chi connectivity index (χ3n) is 4.43. The van der Waals surface area contributed by atoms with Crippen LogP contribution >= 0.6 is 0 Å². The van der Waals surface area contributed by atoms with Gasteiger partial charge in [-0.3, -0.25) is 0 Å². The number of anilines is 1. The van der Waals surface area contributed by atoms with Crippen molar-refractivity contribution >= 4 is 11.7 Å². The minimum absolute atomic E-state index is 0.132. The van der Waals surface area contributed by atoms with Crippen molar-refractivity contribution in [2.75, 3.05) is 5.32 Å². The molecule has 0 bridgehead atoms. The van der Waals surface area contributed by atoms with Gasteiger partial charge in [0, 0.05) is 22.9 Å². The van der Waals surface area contributed by atoms with E-state index in [-0.39, 0.29) is 12.1 Å². The molecule has 2 amide bonds. The Morgan fingerprint density at radius 1 is 1.15 bits per heavy atom. The normalized spacial score (nSPS) is 11.9. The summed E-state index contributed by atoms with van der Waals surface area (Å²) < 4.78 is 5.44. The number of aryl methyl sites for hydroxylation is 2. The maximum atomic E-state index is 11.9. The summed E-state index contributed by atoms with van der Waals surface area (Å²) in [6, 6.07) is 13.4. The minimum atomic E-state index is -0.214. The van der Waals surface area contributed by atoms with Crippen LogP contribution in [0.4, 0.5) is 10.5 Å². The minimum Gasteiger partial charge on any atom is -0.335 e. The summed E-state index contributed by atoms with van der Waals surface area (Å²) in [5.41, 5.74) is 4.74. The van der Waals surface area contributed by atoms with Gasteiger partial charge in [-0.1, -0.05) is 29.8 Å². The summed E-state index contributed by atoms with van der Waals surface area (Å²) in [7, 11) is 0. The zero-order valence-electron chi connectivity index (χ0n) is 16.0. The monoisotopic (exact) mass is 364 g/mol. The molecule has 0 fully saturated rings. The van der Waals surface area contributed by atoms with E-state index in [2.05, 4.69) is 33.8 Å². The molecule has 1 atom stereocenters. The van der Waals surface area contributed by atoms with Gasteiger partial charge in [0.15, 0.2) is 0 Å². The van der Waals surface area contributed by atoms with Crippen LogP contribution in [0, 0.1) is 13.8 Å². The van der Waals surface area contributed by atoms with Gasteiger partial charge < -0.3 is 15.2 Å². The lowest BCUT2D eigenvalue weighted by molar-refractivity contribution is 0.249. The number of benzene rings is 2. The van der Waals surface area contributed by atoms with Crippen LogP contribution in [0.2, 0.25) is 0 Å². The lowest BCUT2D eigenvalue weighted by Crippen LogP contribution is -2.35. The second-order valence-electron chi connectivity index (χ2n) is 6.73. The molecule has 1 aromatic heterocycles. The Balaban J connectivity index is 1.72. The molecule has 0 radical (unpaired) electrons. The van der Waals surface area contributed by atoms with E-state index in [1.165, 1.54) is 5.56 Å². The zero-order chi connectivity index (χ0) is 19.4. The summed E-state index contributed by atoms with van der Waals surface area (Å²) in [6.07, 6.45) is 0.882. The highest BCUT2D eigenvalue weighted by atomic mass is 16.5. The molecule has 0 saturated heterocycles. The average Bonchev–Trinajstić information content (AvgIpc) is 3.12. The number of carbonyl (C=O) groups is 1. The quantitative estimate of drug-likeness (QED) is 0.672. The second-order valence-corrected chi connectivity index (χ2v) is 6.73. The SMILES string of the molecule is CC[C@H](C)NC(=O)Nc1ccc(-c2noc(-c3ccc(C)cc3C)n2)cc1. The highest BCUT2D eigenvalue weighted by Crippen LogP contribution is 2.26. The molecule has 27 heavy (non-hydrogen) atoms. The average molecular weight is 364 g/mol. The van der Waals surface area contributed by atoms with E-state index in [0.29, 0.717) is 17.4 Å². The molecule has 2 N–H and O–H groups in total. The Bertz CT molecular complexity index is 932. The van der Waals surface area contributed by atoms with Gasteiger partial charge in [0.25, 0.3) is 5.89 Å². The number of amides is 2. The predicted octanol–water partition coefficient (Wildman–Crippen LogP) is 4.94. The van der Waals surface area contributed by atoms with Gasteiger partial charge in [-0.25, -0.2) is 4.79 Å². The van der Waals surface area contributed by atoms with E-state index in [1.807, 2.05) is 57.2 Å². The largest absolute Gasteiger partial charge is 0.335 e. The molecule has 0 aliphatic carbocycles. The van der Waals surface area contributed by atoms with E-state index in [4.69, 9.17) is 4.52 Å². The van der Waals surface area contributed by atoms with Gasteiger partial charge in [0.05, 0.1) is 0 Å². The van der Waals surface area contributed by atoms with Gasteiger partial charge in [-0.2, -0.15) is 4.98 Å². The molecular formula is C21H24N4O2. The number of nitrogens with zero attached hydrogens (tertiary/aromatic N) is 2. The summed E-state index contributed by atoms with van der Waals surface area (Å²) in [5.74, 6) is 1.01. The lowest BCUT2D eigenvalue weighted by atomic mass is 10.1. The second kappa shape index (κ2) is 8.03. The number of rotatable bonds is 5. The molecule has 1 heterocycles. The van der Waals surface area contributed by atoms with Crippen molar-refractivity contribution in [3.63, 3.8) is 0 Å². The van der Waals surface area contributed by atoms with Gasteiger partial charge in [-0.15, -0.1) is 0 Å². The first-order chi connectivity index (χ1) is 13.0. The number of hydrogen-bond acceptors (Lipinski definition) is 4.